The molecule has 7 heteroatoms. The van der Waals surface area contributed by atoms with Gasteiger partial charge in [-0.15, -0.1) is 0 Å². The van der Waals surface area contributed by atoms with Gasteiger partial charge in [0.1, 0.15) is 11.6 Å². The van der Waals surface area contributed by atoms with Gasteiger partial charge < -0.3 is 5.32 Å². The predicted octanol–water partition coefficient (Wildman–Crippen LogP) is 2.69. The van der Waals surface area contributed by atoms with Crippen LogP contribution in [0.15, 0.2) is 41.3 Å². The molecule has 1 N–H and O–H groups in total. The maximum Gasteiger partial charge on any atom is 0.287 e. The average Bonchev–Trinajstić information content (AvgIpc) is 2.54. The van der Waals surface area contributed by atoms with Crippen LogP contribution in [0.2, 0.25) is 10.0 Å². The minimum absolute atomic E-state index is 0.0128. The number of hydrogen-bond acceptors (Lipinski definition) is 3. The molecule has 0 unspecified atom stereocenters. The number of rotatable bonds is 6. The third kappa shape index (κ3) is 5.08. The molecule has 0 radical (unpaired) electrons. The molecule has 0 bridgehead atoms. The van der Waals surface area contributed by atoms with E-state index >= 15 is 0 Å². The van der Waals surface area contributed by atoms with E-state index in [0.29, 0.717) is 0 Å². The molecule has 0 saturated carbocycles. The third-order valence-electron chi connectivity index (χ3n) is 3.35. The number of benzene rings is 1. The Hall–Kier alpha value is -1.85. The standard InChI is InChI=1S/C16H17Cl2N3O2/c1-11(7-8-12-5-3-2-4-6-12)20-14(22)10-21-16(23)15(18)13(17)9-19-21/h2-6,9,11H,7-8,10H2,1H3,(H,20,22)/t11-/m1/s1. The van der Waals surface area contributed by atoms with E-state index in [1.807, 2.05) is 37.3 Å². The second-order valence-corrected chi connectivity index (χ2v) is 6.05. The summed E-state index contributed by atoms with van der Waals surface area (Å²) in [6.45, 7) is 1.73. The van der Waals surface area contributed by atoms with Crippen molar-refractivity contribution in [3.05, 3.63) is 62.5 Å². The minimum Gasteiger partial charge on any atom is -0.352 e. The second kappa shape index (κ2) is 8.13. The first-order chi connectivity index (χ1) is 11.0. The predicted molar refractivity (Wildman–Crippen MR) is 90.9 cm³/mol. The SMILES string of the molecule is C[C@H](CCc1ccccc1)NC(=O)Cn1ncc(Cl)c(Cl)c1=O. The fraction of sp³-hybridized carbons (Fsp3) is 0.312. The normalized spacial score (nSPS) is 12.0. The molecule has 1 aromatic heterocycles. The van der Waals surface area contributed by atoms with Gasteiger partial charge >= 0.3 is 0 Å². The van der Waals surface area contributed by atoms with Gasteiger partial charge in [0.15, 0.2) is 0 Å². The lowest BCUT2D eigenvalue weighted by Gasteiger charge is -2.14. The van der Waals surface area contributed by atoms with Crippen molar-refractivity contribution in [1.82, 2.24) is 15.1 Å². The molecule has 0 fully saturated rings. The molecule has 5 nitrogen and oxygen atoms in total. The van der Waals surface area contributed by atoms with Crippen LogP contribution in [0.1, 0.15) is 18.9 Å². The van der Waals surface area contributed by atoms with E-state index in [-0.39, 0.29) is 28.5 Å². The number of carbonyl (C=O) groups excluding carboxylic acids is 1. The molecular formula is C16H17Cl2N3O2. The van der Waals surface area contributed by atoms with Crippen LogP contribution >= 0.6 is 23.2 Å². The molecule has 0 aliphatic rings. The Morgan fingerprint density at radius 2 is 2.00 bits per heavy atom. The van der Waals surface area contributed by atoms with Gasteiger partial charge in [-0.3, -0.25) is 9.59 Å². The van der Waals surface area contributed by atoms with Gasteiger partial charge in [0.05, 0.1) is 11.2 Å². The van der Waals surface area contributed by atoms with Crippen molar-refractivity contribution in [2.75, 3.05) is 0 Å². The van der Waals surface area contributed by atoms with Crippen LogP contribution in [0.25, 0.3) is 0 Å². The first-order valence-corrected chi connectivity index (χ1v) is 7.97. The van der Waals surface area contributed by atoms with Gasteiger partial charge in [-0.25, -0.2) is 4.68 Å². The van der Waals surface area contributed by atoms with Gasteiger partial charge in [-0.1, -0.05) is 53.5 Å². The number of aromatic nitrogens is 2. The molecule has 1 atom stereocenters. The van der Waals surface area contributed by atoms with Crippen LogP contribution in [0.4, 0.5) is 0 Å². The fourth-order valence-corrected chi connectivity index (χ4v) is 2.38. The van der Waals surface area contributed by atoms with Crippen molar-refractivity contribution in [3.63, 3.8) is 0 Å². The Labute approximate surface area is 144 Å². The highest BCUT2D eigenvalue weighted by Crippen LogP contribution is 2.14. The highest BCUT2D eigenvalue weighted by molar-refractivity contribution is 6.41. The van der Waals surface area contributed by atoms with E-state index in [2.05, 4.69) is 10.4 Å². The fourth-order valence-electron chi connectivity index (χ4n) is 2.11. The molecule has 2 rings (SSSR count). The summed E-state index contributed by atoms with van der Waals surface area (Å²) in [6.07, 6.45) is 2.92. The molecule has 122 valence electrons. The summed E-state index contributed by atoms with van der Waals surface area (Å²) in [5, 5.41) is 6.59. The zero-order valence-electron chi connectivity index (χ0n) is 12.6. The number of nitrogens with zero attached hydrogens (tertiary/aromatic N) is 2. The van der Waals surface area contributed by atoms with Crippen LogP contribution in [0.5, 0.6) is 0 Å². The van der Waals surface area contributed by atoms with Gasteiger partial charge in [0, 0.05) is 6.04 Å². The summed E-state index contributed by atoms with van der Waals surface area (Å²) in [7, 11) is 0. The number of nitrogens with one attached hydrogen (secondary N) is 1. The van der Waals surface area contributed by atoms with Crippen LogP contribution in [0, 0.1) is 0 Å². The number of carbonyl (C=O) groups is 1. The van der Waals surface area contributed by atoms with Crippen molar-refractivity contribution in [2.24, 2.45) is 0 Å². The maximum atomic E-state index is 12.0. The van der Waals surface area contributed by atoms with Crippen molar-refractivity contribution in [3.8, 4) is 0 Å². The van der Waals surface area contributed by atoms with Gasteiger partial charge in [-0.2, -0.15) is 5.10 Å². The number of halogens is 2. The summed E-state index contributed by atoms with van der Waals surface area (Å²) in [4.78, 5) is 23.8. The van der Waals surface area contributed by atoms with Crippen molar-refractivity contribution in [2.45, 2.75) is 32.4 Å². The summed E-state index contributed by atoms with van der Waals surface area (Å²) >= 11 is 11.5. The van der Waals surface area contributed by atoms with Crippen LogP contribution in [0.3, 0.4) is 0 Å². The topological polar surface area (TPSA) is 64.0 Å². The molecule has 2 aromatic rings. The first-order valence-electron chi connectivity index (χ1n) is 7.21. The molecular weight excluding hydrogens is 337 g/mol. The lowest BCUT2D eigenvalue weighted by atomic mass is 10.1. The minimum atomic E-state index is -0.578. The average molecular weight is 354 g/mol. The highest BCUT2D eigenvalue weighted by Gasteiger charge is 2.12. The Morgan fingerprint density at radius 1 is 1.30 bits per heavy atom. The van der Waals surface area contributed by atoms with E-state index in [1.54, 1.807) is 0 Å². The quantitative estimate of drug-likeness (QED) is 0.868. The number of amides is 1. The zero-order valence-corrected chi connectivity index (χ0v) is 14.1. The molecule has 23 heavy (non-hydrogen) atoms. The largest absolute Gasteiger partial charge is 0.352 e. The summed E-state index contributed by atoms with van der Waals surface area (Å²) < 4.78 is 0.994. The van der Waals surface area contributed by atoms with E-state index in [0.717, 1.165) is 17.5 Å². The molecule has 0 aliphatic heterocycles. The molecule has 1 aromatic carbocycles. The maximum absolute atomic E-state index is 12.0. The Morgan fingerprint density at radius 3 is 2.70 bits per heavy atom. The van der Waals surface area contributed by atoms with E-state index in [4.69, 9.17) is 23.2 Å². The summed E-state index contributed by atoms with van der Waals surface area (Å²) in [6, 6.07) is 10.0. The Kier molecular flexibility index (Phi) is 6.19. The smallest absolute Gasteiger partial charge is 0.287 e. The molecule has 1 heterocycles. The first kappa shape index (κ1) is 17.5. The third-order valence-corrected chi connectivity index (χ3v) is 4.10. The monoisotopic (exact) mass is 353 g/mol. The number of hydrogen-bond donors (Lipinski definition) is 1. The Bertz CT molecular complexity index is 732. The van der Waals surface area contributed by atoms with Gasteiger partial charge in [0.2, 0.25) is 5.91 Å². The molecule has 1 amide bonds. The summed E-state index contributed by atoms with van der Waals surface area (Å²) in [5.74, 6) is -0.293. The molecule has 0 saturated heterocycles. The second-order valence-electron chi connectivity index (χ2n) is 5.26. The molecule has 0 aliphatic carbocycles. The molecule has 0 spiro atoms. The summed E-state index contributed by atoms with van der Waals surface area (Å²) in [5.41, 5.74) is 0.641. The highest BCUT2D eigenvalue weighted by atomic mass is 35.5. The van der Waals surface area contributed by atoms with Gasteiger partial charge in [0.25, 0.3) is 5.56 Å². The van der Waals surface area contributed by atoms with Crippen molar-refractivity contribution >= 4 is 29.1 Å². The van der Waals surface area contributed by atoms with Crippen LogP contribution < -0.4 is 10.9 Å². The van der Waals surface area contributed by atoms with E-state index in [9.17, 15) is 9.59 Å². The van der Waals surface area contributed by atoms with E-state index in [1.165, 1.54) is 11.8 Å². The van der Waals surface area contributed by atoms with Crippen LogP contribution in [-0.4, -0.2) is 21.7 Å². The zero-order chi connectivity index (χ0) is 16.8. The number of aryl methyl sites for hydroxylation is 1. The Balaban J connectivity index is 1.87. The van der Waals surface area contributed by atoms with Crippen molar-refractivity contribution in [1.29, 1.82) is 0 Å². The van der Waals surface area contributed by atoms with Crippen molar-refractivity contribution < 1.29 is 4.79 Å². The van der Waals surface area contributed by atoms with Gasteiger partial charge in [-0.05, 0) is 25.3 Å². The van der Waals surface area contributed by atoms with Crippen LogP contribution in [-0.2, 0) is 17.8 Å². The lowest BCUT2D eigenvalue weighted by molar-refractivity contribution is -0.122. The lowest BCUT2D eigenvalue weighted by Crippen LogP contribution is -2.38. The van der Waals surface area contributed by atoms with E-state index < -0.39 is 5.56 Å².